The molecule has 3 aliphatic rings. The highest BCUT2D eigenvalue weighted by molar-refractivity contribution is 7.98. The van der Waals surface area contributed by atoms with Crippen LogP contribution in [-0.4, -0.2) is 29.3 Å². The summed E-state index contributed by atoms with van der Waals surface area (Å²) in [7, 11) is 0. The molecule has 2 aliphatic carbocycles. The summed E-state index contributed by atoms with van der Waals surface area (Å²) in [6.07, 6.45) is 11.4. The maximum absolute atomic E-state index is 6.74. The maximum Gasteiger partial charge on any atom is 0.127 e. The number of ether oxygens (including phenoxy) is 1. The minimum atomic E-state index is -0.234. The Kier molecular flexibility index (Phi) is 5.34. The van der Waals surface area contributed by atoms with Gasteiger partial charge in [-0.2, -0.15) is 0 Å². The summed E-state index contributed by atoms with van der Waals surface area (Å²) in [5, 5.41) is 0.814. The minimum absolute atomic E-state index is 0.234. The molecule has 1 aliphatic heterocycles. The summed E-state index contributed by atoms with van der Waals surface area (Å²) in [5.41, 5.74) is 11.3. The summed E-state index contributed by atoms with van der Waals surface area (Å²) in [6.45, 7) is 1.60. The van der Waals surface area contributed by atoms with Gasteiger partial charge in [-0.1, -0.05) is 35.9 Å². The van der Waals surface area contributed by atoms with Crippen LogP contribution in [-0.2, 0) is 6.54 Å². The second-order valence-electron chi connectivity index (χ2n) is 8.52. The van der Waals surface area contributed by atoms with Gasteiger partial charge in [0.1, 0.15) is 5.75 Å². The van der Waals surface area contributed by atoms with Crippen LogP contribution >= 0.6 is 23.4 Å². The summed E-state index contributed by atoms with van der Waals surface area (Å²) >= 11 is 8.24. The first-order valence-corrected chi connectivity index (χ1v) is 12.2. The fraction of sp³-hybridized carbons (Fsp3) is 0.360. The van der Waals surface area contributed by atoms with Crippen molar-refractivity contribution >= 4 is 28.9 Å². The van der Waals surface area contributed by atoms with Gasteiger partial charge < -0.3 is 15.4 Å². The smallest absolute Gasteiger partial charge is 0.127 e. The van der Waals surface area contributed by atoms with Crippen LogP contribution < -0.4 is 10.5 Å². The second-order valence-corrected chi connectivity index (χ2v) is 9.80. The van der Waals surface area contributed by atoms with Crippen molar-refractivity contribution in [2.75, 3.05) is 12.8 Å². The summed E-state index contributed by atoms with van der Waals surface area (Å²) in [4.78, 5) is 3.55. The molecular formula is C25H27ClN2OS. The van der Waals surface area contributed by atoms with Gasteiger partial charge in [-0.3, -0.25) is 0 Å². The molecule has 5 rings (SSSR count). The van der Waals surface area contributed by atoms with Crippen LogP contribution in [0.2, 0.25) is 5.02 Å². The third-order valence-corrected chi connectivity index (χ3v) is 7.17. The van der Waals surface area contributed by atoms with Gasteiger partial charge in [-0.25, -0.2) is 0 Å². The molecule has 0 radical (unpaired) electrons. The largest absolute Gasteiger partial charge is 0.490 e. The highest BCUT2D eigenvalue weighted by Gasteiger charge is 2.45. The van der Waals surface area contributed by atoms with Gasteiger partial charge in [0.15, 0.2) is 0 Å². The first kappa shape index (κ1) is 20.0. The Hall–Kier alpha value is -1.88. The third-order valence-electron chi connectivity index (χ3n) is 6.08. The van der Waals surface area contributed by atoms with Crippen LogP contribution in [0.5, 0.6) is 5.75 Å². The van der Waals surface area contributed by atoms with Gasteiger partial charge in [0.2, 0.25) is 0 Å². The standard InChI is InChI=1S/C25H27ClN2OS/c1-30-19-8-9-23(26)17(14-19)15-28-13-10-20(22(16-28)25(27)11-12-25)21-4-2-3-5-24(21)29-18-6-7-18/h2-5,8-10,14,16,18H,6-7,11-13,15,27H2,1H3. The number of halogens is 1. The van der Waals surface area contributed by atoms with Gasteiger partial charge in [0, 0.05) is 40.3 Å². The molecule has 2 N–H and O–H groups in total. The van der Waals surface area contributed by atoms with E-state index in [1.807, 2.05) is 6.07 Å². The average molecular weight is 439 g/mol. The first-order chi connectivity index (χ1) is 14.6. The topological polar surface area (TPSA) is 38.5 Å². The Morgan fingerprint density at radius 3 is 2.73 bits per heavy atom. The number of para-hydroxylation sites is 1. The molecule has 2 aromatic carbocycles. The zero-order valence-electron chi connectivity index (χ0n) is 17.2. The molecule has 0 unspecified atom stereocenters. The quantitative estimate of drug-likeness (QED) is 0.548. The first-order valence-electron chi connectivity index (χ1n) is 10.6. The normalized spacial score (nSPS) is 19.9. The molecule has 0 aromatic heterocycles. The lowest BCUT2D eigenvalue weighted by molar-refractivity contribution is 0.302. The van der Waals surface area contributed by atoms with Crippen molar-refractivity contribution < 1.29 is 4.74 Å². The number of hydrogen-bond donors (Lipinski definition) is 1. The Morgan fingerprint density at radius 1 is 1.20 bits per heavy atom. The second kappa shape index (κ2) is 7.99. The molecule has 2 aromatic rings. The number of rotatable bonds is 7. The van der Waals surface area contributed by atoms with Crippen LogP contribution in [0.15, 0.2) is 65.2 Å². The van der Waals surface area contributed by atoms with E-state index < -0.39 is 0 Å². The number of nitrogens with zero attached hydrogens (tertiary/aromatic N) is 1. The van der Waals surface area contributed by atoms with Crippen molar-refractivity contribution in [3.63, 3.8) is 0 Å². The molecular weight excluding hydrogens is 412 g/mol. The van der Waals surface area contributed by atoms with E-state index >= 15 is 0 Å². The van der Waals surface area contributed by atoms with Crippen LogP contribution in [0.25, 0.3) is 5.57 Å². The number of benzene rings is 2. The average Bonchev–Trinajstić information content (AvgIpc) is 3.69. The van der Waals surface area contributed by atoms with Gasteiger partial charge in [0.05, 0.1) is 6.10 Å². The van der Waals surface area contributed by atoms with Gasteiger partial charge in [0.25, 0.3) is 0 Å². The SMILES string of the molecule is CSc1ccc(Cl)c(CN2C=C(C3(N)CC3)C(c3ccccc3OC3CC3)=CC2)c1. The predicted molar refractivity (Wildman–Crippen MR) is 126 cm³/mol. The van der Waals surface area contributed by atoms with Crippen molar-refractivity contribution in [2.24, 2.45) is 5.73 Å². The molecule has 0 saturated heterocycles. The van der Waals surface area contributed by atoms with E-state index in [4.69, 9.17) is 22.1 Å². The highest BCUT2D eigenvalue weighted by Crippen LogP contribution is 2.48. The Bertz CT molecular complexity index is 1020. The number of hydrogen-bond acceptors (Lipinski definition) is 4. The number of thioether (sulfide) groups is 1. The lowest BCUT2D eigenvalue weighted by Crippen LogP contribution is -2.31. The summed E-state index contributed by atoms with van der Waals surface area (Å²) in [6, 6.07) is 14.6. The van der Waals surface area contributed by atoms with Crippen molar-refractivity contribution in [3.05, 3.63) is 76.5 Å². The van der Waals surface area contributed by atoms with Gasteiger partial charge >= 0.3 is 0 Å². The Balaban J connectivity index is 1.45. The van der Waals surface area contributed by atoms with E-state index in [-0.39, 0.29) is 5.54 Å². The molecule has 0 atom stereocenters. The molecule has 2 saturated carbocycles. The van der Waals surface area contributed by atoms with E-state index in [1.54, 1.807) is 11.8 Å². The molecule has 0 amide bonds. The molecule has 5 heteroatoms. The van der Waals surface area contributed by atoms with Crippen molar-refractivity contribution in [2.45, 2.75) is 48.8 Å². The van der Waals surface area contributed by atoms with E-state index in [9.17, 15) is 0 Å². The van der Waals surface area contributed by atoms with E-state index in [1.165, 1.54) is 16.0 Å². The molecule has 2 fully saturated rings. The van der Waals surface area contributed by atoms with Crippen LogP contribution in [0.3, 0.4) is 0 Å². The van der Waals surface area contributed by atoms with Crippen LogP contribution in [0.1, 0.15) is 36.8 Å². The molecule has 0 bridgehead atoms. The van der Waals surface area contributed by atoms with Gasteiger partial charge in [-0.05, 0) is 72.9 Å². The fourth-order valence-corrected chi connectivity index (χ4v) is 4.61. The van der Waals surface area contributed by atoms with E-state index in [0.29, 0.717) is 6.10 Å². The van der Waals surface area contributed by atoms with Crippen molar-refractivity contribution in [1.82, 2.24) is 4.90 Å². The lowest BCUT2D eigenvalue weighted by atomic mass is 9.89. The molecule has 0 spiro atoms. The predicted octanol–water partition coefficient (Wildman–Crippen LogP) is 5.88. The molecule has 156 valence electrons. The summed E-state index contributed by atoms with van der Waals surface area (Å²) < 4.78 is 6.21. The Labute approximate surface area is 187 Å². The lowest BCUT2D eigenvalue weighted by Gasteiger charge is -2.30. The van der Waals surface area contributed by atoms with Crippen molar-refractivity contribution in [3.8, 4) is 5.75 Å². The molecule has 1 heterocycles. The third kappa shape index (κ3) is 4.14. The molecule has 3 nitrogen and oxygen atoms in total. The van der Waals surface area contributed by atoms with Crippen LogP contribution in [0, 0.1) is 0 Å². The van der Waals surface area contributed by atoms with Gasteiger partial charge in [-0.15, -0.1) is 11.8 Å². The zero-order valence-corrected chi connectivity index (χ0v) is 18.8. The molecule has 30 heavy (non-hydrogen) atoms. The number of nitrogens with two attached hydrogens (primary N) is 1. The minimum Gasteiger partial charge on any atom is -0.490 e. The highest BCUT2D eigenvalue weighted by atomic mass is 35.5. The fourth-order valence-electron chi connectivity index (χ4n) is 3.96. The van der Waals surface area contributed by atoms with Crippen LogP contribution in [0.4, 0.5) is 0 Å². The van der Waals surface area contributed by atoms with E-state index in [2.05, 4.69) is 59.8 Å². The Morgan fingerprint density at radius 2 is 2.00 bits per heavy atom. The maximum atomic E-state index is 6.74. The van der Waals surface area contributed by atoms with E-state index in [0.717, 1.165) is 60.7 Å². The summed E-state index contributed by atoms with van der Waals surface area (Å²) in [5.74, 6) is 0.977. The zero-order chi connectivity index (χ0) is 20.7. The van der Waals surface area contributed by atoms with Crippen molar-refractivity contribution in [1.29, 1.82) is 0 Å². The monoisotopic (exact) mass is 438 g/mol.